The smallest absolute Gasteiger partial charge is 0.257 e. The van der Waals surface area contributed by atoms with Crippen molar-refractivity contribution in [2.45, 2.75) is 13.8 Å². The van der Waals surface area contributed by atoms with Gasteiger partial charge in [0.15, 0.2) is 0 Å². The zero-order chi connectivity index (χ0) is 18.5. The first kappa shape index (κ1) is 18.0. The molecule has 6 nitrogen and oxygen atoms in total. The average Bonchev–Trinajstić information content (AvgIpc) is 3.20. The molecule has 3 rings (SSSR count). The highest BCUT2D eigenvalue weighted by Crippen LogP contribution is 2.17. The van der Waals surface area contributed by atoms with Crippen molar-refractivity contribution < 1.29 is 18.7 Å². The van der Waals surface area contributed by atoms with Gasteiger partial charge in [0, 0.05) is 31.7 Å². The summed E-state index contributed by atoms with van der Waals surface area (Å²) in [5.41, 5.74) is 1.15. The van der Waals surface area contributed by atoms with Crippen molar-refractivity contribution in [3.8, 4) is 5.75 Å². The molecule has 0 unspecified atom stereocenters. The molecule has 1 saturated heterocycles. The van der Waals surface area contributed by atoms with Crippen molar-refractivity contribution >= 4 is 11.8 Å². The van der Waals surface area contributed by atoms with Gasteiger partial charge in [0.25, 0.3) is 11.8 Å². The van der Waals surface area contributed by atoms with Gasteiger partial charge in [0.1, 0.15) is 12.0 Å². The maximum absolute atomic E-state index is 12.7. The lowest BCUT2D eigenvalue weighted by atomic mass is 10.1. The van der Waals surface area contributed by atoms with E-state index >= 15 is 0 Å². The largest absolute Gasteiger partial charge is 0.493 e. The molecule has 6 heteroatoms. The Morgan fingerprint density at radius 3 is 2.27 bits per heavy atom. The molecule has 2 aromatic rings. The summed E-state index contributed by atoms with van der Waals surface area (Å²) in [6.45, 7) is 6.84. The topological polar surface area (TPSA) is 63.0 Å². The molecule has 1 aliphatic heterocycles. The van der Waals surface area contributed by atoms with E-state index in [-0.39, 0.29) is 11.8 Å². The summed E-state index contributed by atoms with van der Waals surface area (Å²) < 4.78 is 10.7. The third-order valence-electron chi connectivity index (χ3n) is 4.29. The molecule has 26 heavy (non-hydrogen) atoms. The molecule has 1 fully saturated rings. The third-order valence-corrected chi connectivity index (χ3v) is 4.29. The van der Waals surface area contributed by atoms with E-state index in [1.54, 1.807) is 28.0 Å². The number of nitrogens with zero attached hydrogens (tertiary/aromatic N) is 2. The Kier molecular flexibility index (Phi) is 5.61. The Balaban J connectivity index is 1.58. The van der Waals surface area contributed by atoms with Crippen molar-refractivity contribution in [2.75, 3.05) is 32.8 Å². The van der Waals surface area contributed by atoms with Crippen molar-refractivity contribution in [1.82, 2.24) is 9.80 Å². The molecule has 1 aliphatic rings. The minimum Gasteiger partial charge on any atom is -0.493 e. The number of carbonyl (C=O) groups excluding carboxylic acids is 2. The maximum atomic E-state index is 12.7. The normalized spacial score (nSPS) is 14.6. The molecular weight excluding hydrogens is 332 g/mol. The fourth-order valence-corrected chi connectivity index (χ4v) is 2.85. The first-order chi connectivity index (χ1) is 12.5. The number of hydrogen-bond acceptors (Lipinski definition) is 4. The van der Waals surface area contributed by atoms with Crippen LogP contribution < -0.4 is 4.74 Å². The van der Waals surface area contributed by atoms with Crippen LogP contribution in [0.2, 0.25) is 0 Å². The van der Waals surface area contributed by atoms with Gasteiger partial charge in [-0.2, -0.15) is 0 Å². The van der Waals surface area contributed by atoms with E-state index < -0.39 is 0 Å². The number of ether oxygens (including phenoxy) is 1. The van der Waals surface area contributed by atoms with Gasteiger partial charge in [-0.25, -0.2) is 0 Å². The molecule has 0 radical (unpaired) electrons. The zero-order valence-electron chi connectivity index (χ0n) is 15.2. The number of carbonyl (C=O) groups is 2. The third kappa shape index (κ3) is 4.25. The van der Waals surface area contributed by atoms with Crippen molar-refractivity contribution in [1.29, 1.82) is 0 Å². The summed E-state index contributed by atoms with van der Waals surface area (Å²) in [5, 5.41) is 0. The van der Waals surface area contributed by atoms with Crippen LogP contribution in [0, 0.1) is 5.92 Å². The van der Waals surface area contributed by atoms with Crippen molar-refractivity contribution in [2.24, 2.45) is 5.92 Å². The van der Waals surface area contributed by atoms with E-state index in [2.05, 4.69) is 13.8 Å². The number of furan rings is 1. The van der Waals surface area contributed by atoms with Crippen LogP contribution in [0.4, 0.5) is 0 Å². The second-order valence-corrected chi connectivity index (χ2v) is 6.83. The summed E-state index contributed by atoms with van der Waals surface area (Å²) in [6, 6.07) is 8.94. The van der Waals surface area contributed by atoms with E-state index in [1.807, 2.05) is 12.1 Å². The molecular formula is C20H24N2O4. The van der Waals surface area contributed by atoms with E-state index in [0.29, 0.717) is 55.6 Å². The Bertz CT molecular complexity index is 747. The van der Waals surface area contributed by atoms with Crippen LogP contribution in [0.3, 0.4) is 0 Å². The molecule has 2 amide bonds. The predicted octanol–water partition coefficient (Wildman–Crippen LogP) is 2.91. The standard InChI is InChI=1S/C20H24N2O4/c1-15(2)13-26-18-5-3-4-16(12-18)19(23)21-7-9-22(10-8-21)20(24)17-6-11-25-14-17/h3-6,11-12,14-15H,7-10,13H2,1-2H3. The monoisotopic (exact) mass is 356 g/mol. The second kappa shape index (κ2) is 8.08. The van der Waals surface area contributed by atoms with Crippen LogP contribution in [0.5, 0.6) is 5.75 Å². The molecule has 0 aliphatic carbocycles. The Hall–Kier alpha value is -2.76. The predicted molar refractivity (Wildman–Crippen MR) is 97.3 cm³/mol. The van der Waals surface area contributed by atoms with Crippen molar-refractivity contribution in [3.05, 3.63) is 54.0 Å². The first-order valence-corrected chi connectivity index (χ1v) is 8.88. The summed E-state index contributed by atoms with van der Waals surface area (Å²) in [6.07, 6.45) is 2.93. The van der Waals surface area contributed by atoms with Gasteiger partial charge < -0.3 is 19.0 Å². The minimum atomic E-state index is -0.0602. The first-order valence-electron chi connectivity index (χ1n) is 8.88. The summed E-state index contributed by atoms with van der Waals surface area (Å²) in [4.78, 5) is 28.6. The van der Waals surface area contributed by atoms with Gasteiger partial charge in [0.2, 0.25) is 0 Å². The molecule has 1 aromatic carbocycles. The van der Waals surface area contributed by atoms with Gasteiger partial charge in [-0.05, 0) is 30.2 Å². The maximum Gasteiger partial charge on any atom is 0.257 e. The number of rotatable bonds is 5. The molecule has 1 aromatic heterocycles. The molecule has 0 N–H and O–H groups in total. The molecule has 0 spiro atoms. The van der Waals surface area contributed by atoms with Crippen LogP contribution in [-0.2, 0) is 0 Å². The number of amides is 2. The van der Waals surface area contributed by atoms with Gasteiger partial charge >= 0.3 is 0 Å². The van der Waals surface area contributed by atoms with E-state index in [0.717, 1.165) is 0 Å². The fourth-order valence-electron chi connectivity index (χ4n) is 2.85. The summed E-state index contributed by atoms with van der Waals surface area (Å²) >= 11 is 0. The average molecular weight is 356 g/mol. The van der Waals surface area contributed by atoms with E-state index in [9.17, 15) is 9.59 Å². The Morgan fingerprint density at radius 1 is 1.04 bits per heavy atom. The SMILES string of the molecule is CC(C)COc1cccc(C(=O)N2CCN(C(=O)c3ccoc3)CC2)c1. The number of hydrogen-bond donors (Lipinski definition) is 0. The zero-order valence-corrected chi connectivity index (χ0v) is 15.2. The van der Waals surface area contributed by atoms with Gasteiger partial charge in [-0.1, -0.05) is 19.9 Å². The van der Waals surface area contributed by atoms with Crippen LogP contribution >= 0.6 is 0 Å². The second-order valence-electron chi connectivity index (χ2n) is 6.83. The van der Waals surface area contributed by atoms with Crippen LogP contribution in [0.1, 0.15) is 34.6 Å². The quantitative estimate of drug-likeness (QED) is 0.826. The van der Waals surface area contributed by atoms with Gasteiger partial charge in [-0.3, -0.25) is 9.59 Å². The number of benzene rings is 1. The lowest BCUT2D eigenvalue weighted by molar-refractivity contribution is 0.0535. The molecule has 0 atom stereocenters. The van der Waals surface area contributed by atoms with Crippen LogP contribution in [0.25, 0.3) is 0 Å². The minimum absolute atomic E-state index is 0.0320. The summed E-state index contributed by atoms with van der Waals surface area (Å²) in [5.74, 6) is 1.04. The molecule has 138 valence electrons. The van der Waals surface area contributed by atoms with Crippen molar-refractivity contribution in [3.63, 3.8) is 0 Å². The highest BCUT2D eigenvalue weighted by atomic mass is 16.5. The lowest BCUT2D eigenvalue weighted by Crippen LogP contribution is -2.50. The van der Waals surface area contributed by atoms with Gasteiger partial charge in [0.05, 0.1) is 18.4 Å². The molecule has 2 heterocycles. The Morgan fingerprint density at radius 2 is 1.69 bits per heavy atom. The van der Waals surface area contributed by atoms with Crippen LogP contribution in [0.15, 0.2) is 47.3 Å². The number of piperazine rings is 1. The van der Waals surface area contributed by atoms with Gasteiger partial charge in [-0.15, -0.1) is 0 Å². The lowest BCUT2D eigenvalue weighted by Gasteiger charge is -2.34. The Labute approximate surface area is 153 Å². The van der Waals surface area contributed by atoms with E-state index in [4.69, 9.17) is 9.15 Å². The van der Waals surface area contributed by atoms with Crippen LogP contribution in [-0.4, -0.2) is 54.4 Å². The fraction of sp³-hybridized carbons (Fsp3) is 0.400. The highest BCUT2D eigenvalue weighted by molar-refractivity contribution is 5.96. The molecule has 0 saturated carbocycles. The highest BCUT2D eigenvalue weighted by Gasteiger charge is 2.26. The molecule has 0 bridgehead atoms. The summed E-state index contributed by atoms with van der Waals surface area (Å²) in [7, 11) is 0. The van der Waals surface area contributed by atoms with E-state index in [1.165, 1.54) is 12.5 Å².